The van der Waals surface area contributed by atoms with Crippen LogP contribution in [0.15, 0.2) is 82.2 Å². The zero-order valence-electron chi connectivity index (χ0n) is 18.5. The van der Waals surface area contributed by atoms with Crippen LogP contribution in [-0.4, -0.2) is 12.6 Å². The van der Waals surface area contributed by atoms with Gasteiger partial charge in [-0.25, -0.2) is 0 Å². The Hall–Kier alpha value is -4.06. The summed E-state index contributed by atoms with van der Waals surface area (Å²) in [6.45, 7) is 4.32. The summed E-state index contributed by atoms with van der Waals surface area (Å²) < 4.78 is 22.3. The van der Waals surface area contributed by atoms with E-state index in [0.717, 1.165) is 16.9 Å². The Kier molecular flexibility index (Phi) is 6.74. The number of para-hydroxylation sites is 1. The molecule has 168 valence electrons. The highest BCUT2D eigenvalue weighted by molar-refractivity contribution is 5.80. The van der Waals surface area contributed by atoms with Crippen LogP contribution in [0.5, 0.6) is 23.0 Å². The maximum atomic E-state index is 12.8. The van der Waals surface area contributed by atoms with Gasteiger partial charge in [0.15, 0.2) is 0 Å². The number of benzene rings is 3. The van der Waals surface area contributed by atoms with E-state index >= 15 is 0 Å². The SMILES string of the molecule is Cc1cccc(Oc2coc3cc(OC(=O)CCCOc4ccccc4C)ccc3c2=O)c1. The molecule has 4 aromatic rings. The summed E-state index contributed by atoms with van der Waals surface area (Å²) in [6, 6.07) is 19.8. The van der Waals surface area contributed by atoms with Gasteiger partial charge in [0.2, 0.25) is 11.2 Å². The fourth-order valence-electron chi connectivity index (χ4n) is 3.33. The zero-order chi connectivity index (χ0) is 23.2. The summed E-state index contributed by atoms with van der Waals surface area (Å²) in [5, 5.41) is 0.339. The molecule has 0 saturated carbocycles. The Bertz CT molecular complexity index is 1340. The van der Waals surface area contributed by atoms with E-state index in [0.29, 0.717) is 35.5 Å². The van der Waals surface area contributed by atoms with Gasteiger partial charge in [0, 0.05) is 12.5 Å². The molecule has 4 rings (SSSR count). The first-order valence-corrected chi connectivity index (χ1v) is 10.7. The number of hydrogen-bond acceptors (Lipinski definition) is 6. The van der Waals surface area contributed by atoms with Gasteiger partial charge in [-0.05, 0) is 61.7 Å². The van der Waals surface area contributed by atoms with Gasteiger partial charge in [-0.15, -0.1) is 0 Å². The van der Waals surface area contributed by atoms with Crippen molar-refractivity contribution in [2.45, 2.75) is 26.7 Å². The molecule has 0 unspecified atom stereocenters. The van der Waals surface area contributed by atoms with Gasteiger partial charge < -0.3 is 18.6 Å². The topological polar surface area (TPSA) is 75.0 Å². The first kappa shape index (κ1) is 22.1. The zero-order valence-corrected chi connectivity index (χ0v) is 18.5. The van der Waals surface area contributed by atoms with Crippen molar-refractivity contribution in [3.63, 3.8) is 0 Å². The fraction of sp³-hybridized carbons (Fsp3) is 0.185. The minimum Gasteiger partial charge on any atom is -0.493 e. The second-order valence-electron chi connectivity index (χ2n) is 7.70. The average molecular weight is 444 g/mol. The third-order valence-corrected chi connectivity index (χ3v) is 5.04. The van der Waals surface area contributed by atoms with Gasteiger partial charge in [-0.3, -0.25) is 9.59 Å². The van der Waals surface area contributed by atoms with E-state index in [2.05, 4.69) is 0 Å². The van der Waals surface area contributed by atoms with Crippen molar-refractivity contribution in [1.82, 2.24) is 0 Å². The third-order valence-electron chi connectivity index (χ3n) is 5.04. The van der Waals surface area contributed by atoms with E-state index in [1.807, 2.05) is 56.3 Å². The molecular formula is C27H24O6. The van der Waals surface area contributed by atoms with Crippen LogP contribution in [0.25, 0.3) is 11.0 Å². The number of fused-ring (bicyclic) bond motifs is 1. The molecule has 6 heteroatoms. The van der Waals surface area contributed by atoms with Crippen LogP contribution in [-0.2, 0) is 4.79 Å². The van der Waals surface area contributed by atoms with Crippen LogP contribution in [0.1, 0.15) is 24.0 Å². The van der Waals surface area contributed by atoms with Crippen molar-refractivity contribution in [3.8, 4) is 23.0 Å². The van der Waals surface area contributed by atoms with E-state index < -0.39 is 0 Å². The van der Waals surface area contributed by atoms with Crippen molar-refractivity contribution >= 4 is 16.9 Å². The van der Waals surface area contributed by atoms with Crippen LogP contribution in [0, 0.1) is 13.8 Å². The highest BCUT2D eigenvalue weighted by Gasteiger charge is 2.12. The Morgan fingerprint density at radius 3 is 2.58 bits per heavy atom. The fourth-order valence-corrected chi connectivity index (χ4v) is 3.33. The van der Waals surface area contributed by atoms with Gasteiger partial charge in [-0.1, -0.05) is 30.3 Å². The molecule has 0 aliphatic carbocycles. The predicted molar refractivity (Wildman–Crippen MR) is 125 cm³/mol. The Balaban J connectivity index is 1.36. The Morgan fingerprint density at radius 2 is 1.76 bits per heavy atom. The summed E-state index contributed by atoms with van der Waals surface area (Å²) >= 11 is 0. The van der Waals surface area contributed by atoms with Crippen molar-refractivity contribution in [1.29, 1.82) is 0 Å². The molecule has 0 aliphatic rings. The van der Waals surface area contributed by atoms with E-state index in [9.17, 15) is 9.59 Å². The molecule has 3 aromatic carbocycles. The minimum atomic E-state index is -0.385. The van der Waals surface area contributed by atoms with E-state index in [1.165, 1.54) is 12.3 Å². The second kappa shape index (κ2) is 10.0. The number of hydrogen-bond donors (Lipinski definition) is 0. The van der Waals surface area contributed by atoms with Crippen molar-refractivity contribution in [2.24, 2.45) is 0 Å². The molecule has 1 aromatic heterocycles. The van der Waals surface area contributed by atoms with Crippen LogP contribution < -0.4 is 19.6 Å². The lowest BCUT2D eigenvalue weighted by Crippen LogP contribution is -2.10. The van der Waals surface area contributed by atoms with E-state index in [4.69, 9.17) is 18.6 Å². The van der Waals surface area contributed by atoms with Crippen LogP contribution >= 0.6 is 0 Å². The molecule has 0 spiro atoms. The van der Waals surface area contributed by atoms with Crippen molar-refractivity contribution in [3.05, 3.63) is 94.3 Å². The van der Waals surface area contributed by atoms with Gasteiger partial charge in [0.25, 0.3) is 0 Å². The maximum Gasteiger partial charge on any atom is 0.311 e. The lowest BCUT2D eigenvalue weighted by atomic mass is 10.2. The quantitative estimate of drug-likeness (QED) is 0.189. The highest BCUT2D eigenvalue weighted by Crippen LogP contribution is 2.25. The molecule has 0 amide bonds. The monoisotopic (exact) mass is 444 g/mol. The van der Waals surface area contributed by atoms with Crippen molar-refractivity contribution < 1.29 is 23.4 Å². The van der Waals surface area contributed by atoms with Crippen LogP contribution in [0.3, 0.4) is 0 Å². The average Bonchev–Trinajstić information content (AvgIpc) is 2.80. The molecule has 0 saturated heterocycles. The number of ether oxygens (including phenoxy) is 3. The smallest absolute Gasteiger partial charge is 0.311 e. The standard InChI is InChI=1S/C27H24O6/c1-18-7-5-9-20(15-18)32-25-17-31-24-16-21(12-13-22(24)27(25)29)33-26(28)11-6-14-30-23-10-4-3-8-19(23)2/h3-5,7-10,12-13,15-17H,6,11,14H2,1-2H3. The van der Waals surface area contributed by atoms with Crippen LogP contribution in [0.2, 0.25) is 0 Å². The van der Waals surface area contributed by atoms with Gasteiger partial charge in [0.1, 0.15) is 29.1 Å². The molecule has 0 radical (unpaired) electrons. The molecule has 1 heterocycles. The van der Waals surface area contributed by atoms with Gasteiger partial charge in [-0.2, -0.15) is 0 Å². The molecule has 0 bridgehead atoms. The van der Waals surface area contributed by atoms with E-state index in [-0.39, 0.29) is 23.6 Å². The number of esters is 1. The summed E-state index contributed by atoms with van der Waals surface area (Å²) in [6.07, 6.45) is 1.99. The lowest BCUT2D eigenvalue weighted by molar-refractivity contribution is -0.134. The number of carbonyl (C=O) groups is 1. The summed E-state index contributed by atoms with van der Waals surface area (Å²) in [4.78, 5) is 24.9. The van der Waals surface area contributed by atoms with Gasteiger partial charge in [0.05, 0.1) is 12.0 Å². The predicted octanol–water partition coefficient (Wildman–Crippen LogP) is 5.97. The summed E-state index contributed by atoms with van der Waals surface area (Å²) in [5.41, 5.74) is 2.07. The number of rotatable bonds is 8. The molecule has 0 atom stereocenters. The molecular weight excluding hydrogens is 420 g/mol. The molecule has 0 N–H and O–H groups in total. The normalized spacial score (nSPS) is 10.7. The second-order valence-corrected chi connectivity index (χ2v) is 7.70. The molecule has 0 aliphatic heterocycles. The summed E-state index contributed by atoms with van der Waals surface area (Å²) in [5.74, 6) is 1.37. The first-order valence-electron chi connectivity index (χ1n) is 10.7. The number of carbonyl (C=O) groups excluding carboxylic acids is 1. The Morgan fingerprint density at radius 1 is 0.909 bits per heavy atom. The lowest BCUT2D eigenvalue weighted by Gasteiger charge is -2.09. The number of aryl methyl sites for hydroxylation is 2. The van der Waals surface area contributed by atoms with E-state index in [1.54, 1.807) is 18.2 Å². The molecule has 0 fully saturated rings. The maximum absolute atomic E-state index is 12.8. The largest absolute Gasteiger partial charge is 0.493 e. The molecule has 6 nitrogen and oxygen atoms in total. The highest BCUT2D eigenvalue weighted by atomic mass is 16.5. The minimum absolute atomic E-state index is 0.0893. The van der Waals surface area contributed by atoms with Crippen LogP contribution in [0.4, 0.5) is 0 Å². The van der Waals surface area contributed by atoms with Crippen molar-refractivity contribution in [2.75, 3.05) is 6.61 Å². The Labute approximate surface area is 191 Å². The molecule has 33 heavy (non-hydrogen) atoms. The third kappa shape index (κ3) is 5.60. The first-order chi connectivity index (χ1) is 16.0. The summed E-state index contributed by atoms with van der Waals surface area (Å²) in [7, 11) is 0. The van der Waals surface area contributed by atoms with Gasteiger partial charge >= 0.3 is 5.97 Å².